The van der Waals surface area contributed by atoms with E-state index in [0.29, 0.717) is 0 Å². The third kappa shape index (κ3) is 8.09. The number of allylic oxidation sites excluding steroid dienone is 1. The van der Waals surface area contributed by atoms with Crippen LogP contribution in [0, 0.1) is 0 Å². The normalized spacial score (nSPS) is 14.1. The van der Waals surface area contributed by atoms with Gasteiger partial charge in [0.25, 0.3) is 0 Å². The van der Waals surface area contributed by atoms with Crippen molar-refractivity contribution in [3.63, 3.8) is 0 Å². The maximum absolute atomic E-state index is 2.41. The Bertz CT molecular complexity index is 780. The van der Waals surface area contributed by atoms with Crippen LogP contribution in [0.2, 0.25) is 0 Å². The van der Waals surface area contributed by atoms with E-state index in [2.05, 4.69) is 49.2 Å². The van der Waals surface area contributed by atoms with Gasteiger partial charge in [-0.15, -0.1) is 34.4 Å². The van der Waals surface area contributed by atoms with E-state index in [1.165, 1.54) is 117 Å². The molecule has 0 bridgehead atoms. The summed E-state index contributed by atoms with van der Waals surface area (Å²) in [5.74, 6) is 1.29. The van der Waals surface area contributed by atoms with Crippen molar-refractivity contribution in [2.45, 2.75) is 110 Å². The molecule has 2 aromatic rings. The first kappa shape index (κ1) is 25.1. The lowest BCUT2D eigenvalue weighted by molar-refractivity contribution is 0.605. The van der Waals surface area contributed by atoms with Crippen LogP contribution in [-0.4, -0.2) is 5.75 Å². The SMILES string of the molecule is CCCCCCCCC1=C(c2ccc(-c3sccc3CCCCCCCC)s2)SCC1. The van der Waals surface area contributed by atoms with Crippen molar-refractivity contribution in [2.24, 2.45) is 0 Å². The van der Waals surface area contributed by atoms with Gasteiger partial charge in [-0.05, 0) is 61.2 Å². The van der Waals surface area contributed by atoms with Crippen LogP contribution in [0.1, 0.15) is 114 Å². The Morgan fingerprint density at radius 3 is 2.10 bits per heavy atom. The molecule has 0 saturated heterocycles. The Kier molecular flexibility index (Phi) is 11.8. The van der Waals surface area contributed by atoms with E-state index in [1.54, 1.807) is 16.0 Å². The van der Waals surface area contributed by atoms with Gasteiger partial charge in [0.05, 0.1) is 0 Å². The fourth-order valence-electron chi connectivity index (χ4n) is 4.52. The maximum Gasteiger partial charge on any atom is 0.0474 e. The number of rotatable bonds is 16. The third-order valence-corrected chi connectivity index (χ3v) is 9.98. The van der Waals surface area contributed by atoms with Gasteiger partial charge in [-0.2, -0.15) is 0 Å². The Labute approximate surface area is 203 Å². The van der Waals surface area contributed by atoms with Crippen LogP contribution >= 0.6 is 34.4 Å². The first-order valence-corrected chi connectivity index (χ1v) is 15.5. The summed E-state index contributed by atoms with van der Waals surface area (Å²) in [4.78, 5) is 6.17. The average molecular weight is 475 g/mol. The van der Waals surface area contributed by atoms with Crippen molar-refractivity contribution in [2.75, 3.05) is 5.75 Å². The number of unbranched alkanes of at least 4 members (excludes halogenated alkanes) is 10. The quantitative estimate of drug-likeness (QED) is 0.218. The zero-order valence-electron chi connectivity index (χ0n) is 19.8. The molecule has 0 unspecified atom stereocenters. The van der Waals surface area contributed by atoms with Crippen molar-refractivity contribution in [3.05, 3.63) is 39.6 Å². The van der Waals surface area contributed by atoms with E-state index in [4.69, 9.17) is 0 Å². The van der Waals surface area contributed by atoms with Crippen molar-refractivity contribution in [1.29, 1.82) is 0 Å². The zero-order valence-corrected chi connectivity index (χ0v) is 22.3. The molecule has 0 saturated carbocycles. The lowest BCUT2D eigenvalue weighted by Crippen LogP contribution is -1.86. The lowest BCUT2D eigenvalue weighted by Gasteiger charge is -2.06. The largest absolute Gasteiger partial charge is 0.143 e. The predicted octanol–water partition coefficient (Wildman–Crippen LogP) is 11.0. The number of thiophene rings is 2. The highest BCUT2D eigenvalue weighted by molar-refractivity contribution is 8.08. The van der Waals surface area contributed by atoms with Gasteiger partial charge < -0.3 is 0 Å². The van der Waals surface area contributed by atoms with E-state index < -0.39 is 0 Å². The van der Waals surface area contributed by atoms with E-state index in [1.807, 2.05) is 22.7 Å². The smallest absolute Gasteiger partial charge is 0.0474 e. The second-order valence-electron chi connectivity index (χ2n) is 9.01. The van der Waals surface area contributed by atoms with Crippen LogP contribution in [0.15, 0.2) is 29.2 Å². The summed E-state index contributed by atoms with van der Waals surface area (Å²) < 4.78 is 0. The standard InChI is InChI=1S/C28H42S3/c1-3-5-7-9-11-13-15-23-19-21-29-27(23)25-17-18-26(31-25)28-24(20-22-30-28)16-14-12-10-8-6-4-2/h17-19,21H,3-16,20,22H2,1-2H3. The fourth-order valence-corrected chi connectivity index (χ4v) is 8.11. The Morgan fingerprint density at radius 2 is 1.35 bits per heavy atom. The molecule has 3 rings (SSSR count). The lowest BCUT2D eigenvalue weighted by atomic mass is 10.0. The zero-order chi connectivity index (χ0) is 21.7. The molecular weight excluding hydrogens is 433 g/mol. The number of hydrogen-bond donors (Lipinski definition) is 0. The molecule has 0 amide bonds. The van der Waals surface area contributed by atoms with Gasteiger partial charge >= 0.3 is 0 Å². The first-order chi connectivity index (χ1) is 15.3. The first-order valence-electron chi connectivity index (χ1n) is 12.8. The van der Waals surface area contributed by atoms with Crippen LogP contribution in [0.3, 0.4) is 0 Å². The van der Waals surface area contributed by atoms with Crippen LogP contribution < -0.4 is 0 Å². The van der Waals surface area contributed by atoms with Crippen molar-refractivity contribution >= 4 is 39.3 Å². The maximum atomic E-state index is 2.41. The minimum atomic E-state index is 1.25. The molecule has 1 aliphatic rings. The molecule has 31 heavy (non-hydrogen) atoms. The average Bonchev–Trinajstić information content (AvgIpc) is 3.53. The van der Waals surface area contributed by atoms with Gasteiger partial charge in [0.15, 0.2) is 0 Å². The van der Waals surface area contributed by atoms with Gasteiger partial charge in [-0.3, -0.25) is 0 Å². The van der Waals surface area contributed by atoms with Crippen LogP contribution in [-0.2, 0) is 6.42 Å². The van der Waals surface area contributed by atoms with Crippen molar-refractivity contribution in [1.82, 2.24) is 0 Å². The topological polar surface area (TPSA) is 0 Å². The van der Waals surface area contributed by atoms with Crippen LogP contribution in [0.25, 0.3) is 14.7 Å². The highest BCUT2D eigenvalue weighted by Crippen LogP contribution is 2.46. The molecule has 2 aromatic heterocycles. The minimum Gasteiger partial charge on any atom is -0.143 e. The Balaban J connectivity index is 1.54. The number of aryl methyl sites for hydroxylation is 1. The van der Waals surface area contributed by atoms with E-state index in [9.17, 15) is 0 Å². The van der Waals surface area contributed by atoms with Crippen LogP contribution in [0.4, 0.5) is 0 Å². The third-order valence-electron chi connectivity index (χ3n) is 6.40. The summed E-state index contributed by atoms with van der Waals surface area (Å²) in [6.45, 7) is 4.60. The highest BCUT2D eigenvalue weighted by Gasteiger charge is 2.19. The van der Waals surface area contributed by atoms with Gasteiger partial charge in [0.1, 0.15) is 0 Å². The molecule has 3 heteroatoms. The van der Waals surface area contributed by atoms with E-state index in [0.717, 1.165) is 0 Å². The van der Waals surface area contributed by atoms with E-state index in [-0.39, 0.29) is 0 Å². The van der Waals surface area contributed by atoms with Crippen LogP contribution in [0.5, 0.6) is 0 Å². The molecule has 0 aliphatic carbocycles. The fraction of sp³-hybridized carbons (Fsp3) is 0.643. The Morgan fingerprint density at radius 1 is 0.710 bits per heavy atom. The molecule has 172 valence electrons. The second-order valence-corrected chi connectivity index (χ2v) is 12.1. The molecule has 3 heterocycles. The molecular formula is C28H42S3. The number of hydrogen-bond acceptors (Lipinski definition) is 3. The summed E-state index contributed by atoms with van der Waals surface area (Å²) in [5, 5.41) is 2.30. The van der Waals surface area contributed by atoms with Crippen molar-refractivity contribution < 1.29 is 0 Å². The van der Waals surface area contributed by atoms with Gasteiger partial charge in [0.2, 0.25) is 0 Å². The van der Waals surface area contributed by atoms with E-state index >= 15 is 0 Å². The second kappa shape index (κ2) is 14.6. The van der Waals surface area contributed by atoms with Gasteiger partial charge in [0, 0.05) is 25.3 Å². The minimum absolute atomic E-state index is 1.25. The molecule has 0 spiro atoms. The summed E-state index contributed by atoms with van der Waals surface area (Å²) in [7, 11) is 0. The number of thioether (sulfide) groups is 1. The molecule has 0 aromatic carbocycles. The molecule has 0 atom stereocenters. The molecule has 1 aliphatic heterocycles. The summed E-state index contributed by atoms with van der Waals surface area (Å²) in [6, 6.07) is 7.17. The Hall–Kier alpha value is -0.510. The molecule has 0 nitrogen and oxygen atoms in total. The van der Waals surface area contributed by atoms with Crippen molar-refractivity contribution in [3.8, 4) is 9.75 Å². The predicted molar refractivity (Wildman–Crippen MR) is 147 cm³/mol. The molecule has 0 fully saturated rings. The molecule has 0 N–H and O–H groups in total. The summed E-state index contributed by atoms with van der Waals surface area (Å²) in [5.41, 5.74) is 3.32. The summed E-state index contributed by atoms with van der Waals surface area (Å²) >= 11 is 6.09. The summed E-state index contributed by atoms with van der Waals surface area (Å²) in [6.07, 6.45) is 20.6. The molecule has 0 radical (unpaired) electrons. The highest BCUT2D eigenvalue weighted by atomic mass is 32.2. The van der Waals surface area contributed by atoms with Gasteiger partial charge in [-0.1, -0.05) is 83.6 Å². The van der Waals surface area contributed by atoms with Gasteiger partial charge in [-0.25, -0.2) is 0 Å². The monoisotopic (exact) mass is 474 g/mol.